The molecule has 5 nitrogen and oxygen atoms in total. The number of amides is 1. The lowest BCUT2D eigenvalue weighted by molar-refractivity contribution is -0.130. The summed E-state index contributed by atoms with van der Waals surface area (Å²) in [4.78, 5) is 14.1. The Hall–Kier alpha value is -0.650. The van der Waals surface area contributed by atoms with Gasteiger partial charge in [0.15, 0.2) is 0 Å². The van der Waals surface area contributed by atoms with Gasteiger partial charge in [-0.15, -0.1) is 0 Å². The monoisotopic (exact) mass is 242 g/mol. The van der Waals surface area contributed by atoms with E-state index in [-0.39, 0.29) is 18.1 Å². The van der Waals surface area contributed by atoms with Crippen molar-refractivity contribution in [2.45, 2.75) is 31.9 Å². The normalized spacial score (nSPS) is 27.9. The van der Waals surface area contributed by atoms with Crippen LogP contribution in [0.5, 0.6) is 0 Å². The highest BCUT2D eigenvalue weighted by Crippen LogP contribution is 2.12. The van der Waals surface area contributed by atoms with E-state index in [0.717, 1.165) is 52.3 Å². The van der Waals surface area contributed by atoms with Crippen LogP contribution in [0.3, 0.4) is 0 Å². The maximum absolute atomic E-state index is 11.8. The maximum atomic E-state index is 11.8. The summed E-state index contributed by atoms with van der Waals surface area (Å²) >= 11 is 0. The first-order valence-electron chi connectivity index (χ1n) is 6.48. The van der Waals surface area contributed by atoms with Crippen LogP contribution in [0, 0.1) is 0 Å². The van der Waals surface area contributed by atoms with Crippen molar-refractivity contribution in [1.29, 1.82) is 0 Å². The van der Waals surface area contributed by atoms with E-state index < -0.39 is 0 Å². The number of rotatable bonds is 4. The van der Waals surface area contributed by atoms with Crippen molar-refractivity contribution in [1.82, 2.24) is 10.2 Å². The van der Waals surface area contributed by atoms with E-state index in [1.807, 2.05) is 6.92 Å². The highest BCUT2D eigenvalue weighted by Gasteiger charge is 2.25. The Morgan fingerprint density at radius 3 is 2.82 bits per heavy atom. The average Bonchev–Trinajstić information content (AvgIpc) is 2.83. The molecule has 2 heterocycles. The summed E-state index contributed by atoms with van der Waals surface area (Å²) < 4.78 is 10.7. The molecule has 0 radical (unpaired) electrons. The number of carbonyl (C=O) groups is 1. The lowest BCUT2D eigenvalue weighted by Crippen LogP contribution is -2.48. The van der Waals surface area contributed by atoms with E-state index in [1.165, 1.54) is 0 Å². The summed E-state index contributed by atoms with van der Waals surface area (Å²) in [5, 5.41) is 3.02. The Labute approximate surface area is 102 Å². The SMILES string of the molecule is C[C@@H](CN1CCOCC1)NC(=O)[C@H]1CCCO1. The van der Waals surface area contributed by atoms with Crippen molar-refractivity contribution in [2.24, 2.45) is 0 Å². The lowest BCUT2D eigenvalue weighted by Gasteiger charge is -2.29. The molecule has 0 aromatic heterocycles. The molecule has 0 saturated carbocycles. The van der Waals surface area contributed by atoms with Crippen LogP contribution in [0.15, 0.2) is 0 Å². The summed E-state index contributed by atoms with van der Waals surface area (Å²) in [7, 11) is 0. The van der Waals surface area contributed by atoms with Crippen LogP contribution in [0.25, 0.3) is 0 Å². The molecule has 0 aromatic carbocycles. The predicted molar refractivity (Wildman–Crippen MR) is 63.8 cm³/mol. The van der Waals surface area contributed by atoms with Gasteiger partial charge in [-0.05, 0) is 19.8 Å². The fourth-order valence-corrected chi connectivity index (χ4v) is 2.34. The molecule has 2 saturated heterocycles. The maximum Gasteiger partial charge on any atom is 0.249 e. The molecule has 1 amide bonds. The van der Waals surface area contributed by atoms with Crippen LogP contribution in [0.1, 0.15) is 19.8 Å². The zero-order valence-corrected chi connectivity index (χ0v) is 10.5. The molecule has 0 aromatic rings. The molecule has 0 aliphatic carbocycles. The number of hydrogen-bond acceptors (Lipinski definition) is 4. The number of nitrogens with one attached hydrogen (secondary N) is 1. The van der Waals surface area contributed by atoms with Crippen molar-refractivity contribution in [3.8, 4) is 0 Å². The third kappa shape index (κ3) is 3.94. The molecule has 17 heavy (non-hydrogen) atoms. The van der Waals surface area contributed by atoms with Crippen molar-refractivity contribution in [3.05, 3.63) is 0 Å². The van der Waals surface area contributed by atoms with E-state index in [4.69, 9.17) is 9.47 Å². The van der Waals surface area contributed by atoms with Gasteiger partial charge >= 0.3 is 0 Å². The van der Waals surface area contributed by atoms with Gasteiger partial charge in [-0.25, -0.2) is 0 Å². The van der Waals surface area contributed by atoms with Gasteiger partial charge in [0, 0.05) is 32.3 Å². The van der Waals surface area contributed by atoms with E-state index >= 15 is 0 Å². The highest BCUT2D eigenvalue weighted by molar-refractivity contribution is 5.81. The standard InChI is InChI=1S/C12H22N2O3/c1-10(9-14-4-7-16-8-5-14)13-12(15)11-3-2-6-17-11/h10-11H,2-9H2,1H3,(H,13,15)/t10-,11+/m0/s1. The summed E-state index contributed by atoms with van der Waals surface area (Å²) in [6, 6.07) is 0.171. The second kappa shape index (κ2) is 6.33. The van der Waals surface area contributed by atoms with Gasteiger partial charge in [-0.3, -0.25) is 9.69 Å². The number of nitrogens with zero attached hydrogens (tertiary/aromatic N) is 1. The number of morpholine rings is 1. The Morgan fingerprint density at radius 1 is 1.41 bits per heavy atom. The van der Waals surface area contributed by atoms with Crippen LogP contribution in [-0.4, -0.2) is 62.4 Å². The van der Waals surface area contributed by atoms with Gasteiger partial charge in [0.1, 0.15) is 6.10 Å². The molecule has 2 aliphatic heterocycles. The second-order valence-electron chi connectivity index (χ2n) is 4.82. The minimum Gasteiger partial charge on any atom is -0.379 e. The Bertz CT molecular complexity index is 248. The van der Waals surface area contributed by atoms with E-state index in [0.29, 0.717) is 0 Å². The Balaban J connectivity index is 1.68. The minimum absolute atomic E-state index is 0.0447. The molecule has 2 fully saturated rings. The quantitative estimate of drug-likeness (QED) is 0.754. The first kappa shape index (κ1) is 12.8. The summed E-state index contributed by atoms with van der Waals surface area (Å²) in [6.07, 6.45) is 1.63. The molecule has 2 atom stereocenters. The summed E-state index contributed by atoms with van der Waals surface area (Å²) in [5.74, 6) is 0.0447. The number of carbonyl (C=O) groups excluding carboxylic acids is 1. The fourth-order valence-electron chi connectivity index (χ4n) is 2.34. The van der Waals surface area contributed by atoms with Gasteiger partial charge in [0.25, 0.3) is 0 Å². The summed E-state index contributed by atoms with van der Waals surface area (Å²) in [5.41, 5.74) is 0. The van der Waals surface area contributed by atoms with Crippen molar-refractivity contribution in [2.75, 3.05) is 39.5 Å². The lowest BCUT2D eigenvalue weighted by atomic mass is 10.2. The molecule has 2 aliphatic rings. The van der Waals surface area contributed by atoms with Crippen molar-refractivity contribution < 1.29 is 14.3 Å². The Morgan fingerprint density at radius 2 is 2.18 bits per heavy atom. The summed E-state index contributed by atoms with van der Waals surface area (Å²) in [6.45, 7) is 7.17. The number of hydrogen-bond donors (Lipinski definition) is 1. The largest absolute Gasteiger partial charge is 0.379 e. The highest BCUT2D eigenvalue weighted by atomic mass is 16.5. The smallest absolute Gasteiger partial charge is 0.249 e. The molecule has 98 valence electrons. The van der Waals surface area contributed by atoms with Gasteiger partial charge in [0.05, 0.1) is 13.2 Å². The van der Waals surface area contributed by atoms with Crippen molar-refractivity contribution in [3.63, 3.8) is 0 Å². The van der Waals surface area contributed by atoms with Gasteiger partial charge in [-0.1, -0.05) is 0 Å². The number of ether oxygens (including phenoxy) is 2. The van der Waals surface area contributed by atoms with Crippen LogP contribution < -0.4 is 5.32 Å². The van der Waals surface area contributed by atoms with Gasteiger partial charge in [-0.2, -0.15) is 0 Å². The van der Waals surface area contributed by atoms with Gasteiger partial charge < -0.3 is 14.8 Å². The van der Waals surface area contributed by atoms with Crippen LogP contribution in [-0.2, 0) is 14.3 Å². The third-order valence-corrected chi connectivity index (χ3v) is 3.25. The zero-order valence-electron chi connectivity index (χ0n) is 10.5. The van der Waals surface area contributed by atoms with Crippen LogP contribution in [0.4, 0.5) is 0 Å². The van der Waals surface area contributed by atoms with Gasteiger partial charge in [0.2, 0.25) is 5.91 Å². The molecule has 5 heteroatoms. The first-order chi connectivity index (χ1) is 8.25. The molecule has 0 spiro atoms. The second-order valence-corrected chi connectivity index (χ2v) is 4.82. The topological polar surface area (TPSA) is 50.8 Å². The Kier molecular flexibility index (Phi) is 4.76. The predicted octanol–water partition coefficient (Wildman–Crippen LogP) is 0.00230. The molecule has 1 N–H and O–H groups in total. The molecule has 2 rings (SSSR count). The zero-order chi connectivity index (χ0) is 12.1. The first-order valence-corrected chi connectivity index (χ1v) is 6.48. The molecule has 0 unspecified atom stereocenters. The van der Waals surface area contributed by atoms with E-state index in [9.17, 15) is 4.79 Å². The van der Waals surface area contributed by atoms with E-state index in [1.54, 1.807) is 0 Å². The fraction of sp³-hybridized carbons (Fsp3) is 0.917. The molecular formula is C12H22N2O3. The average molecular weight is 242 g/mol. The van der Waals surface area contributed by atoms with Crippen LogP contribution >= 0.6 is 0 Å². The van der Waals surface area contributed by atoms with Crippen LogP contribution in [0.2, 0.25) is 0 Å². The molecular weight excluding hydrogens is 220 g/mol. The van der Waals surface area contributed by atoms with Crippen molar-refractivity contribution >= 4 is 5.91 Å². The minimum atomic E-state index is -0.220. The van der Waals surface area contributed by atoms with E-state index in [2.05, 4.69) is 10.2 Å². The molecule has 0 bridgehead atoms. The third-order valence-electron chi connectivity index (χ3n) is 3.25.